The van der Waals surface area contributed by atoms with E-state index in [0.717, 1.165) is 5.69 Å². The quantitative estimate of drug-likeness (QED) is 0.856. The second-order valence-electron chi connectivity index (χ2n) is 4.62. The first-order valence-corrected chi connectivity index (χ1v) is 7.67. The molecule has 0 aliphatic carbocycles. The molecule has 7 heteroatoms. The predicted molar refractivity (Wildman–Crippen MR) is 85.0 cm³/mol. The van der Waals surface area contributed by atoms with Gasteiger partial charge in [-0.05, 0) is 31.2 Å². The van der Waals surface area contributed by atoms with Crippen molar-refractivity contribution in [2.75, 3.05) is 11.9 Å². The number of amides is 1. The summed E-state index contributed by atoms with van der Waals surface area (Å²) in [5.41, 5.74) is 6.58. The standard InChI is InChI=1S/C14H16ClN3O2S/c1-9(16)6-11-8-21-14(17-11)18-13(19)7-20-12-4-2-10(15)3-5-12/h2-5,8-9H,6-7,16H2,1H3,(H,17,18,19). The van der Waals surface area contributed by atoms with E-state index in [4.69, 9.17) is 22.1 Å². The van der Waals surface area contributed by atoms with Crippen molar-refractivity contribution in [2.45, 2.75) is 19.4 Å². The molecule has 0 aliphatic heterocycles. The molecule has 112 valence electrons. The molecule has 0 bridgehead atoms. The molecular formula is C14H16ClN3O2S. The Morgan fingerprint density at radius 1 is 1.48 bits per heavy atom. The van der Waals surface area contributed by atoms with E-state index in [1.807, 2.05) is 12.3 Å². The lowest BCUT2D eigenvalue weighted by atomic mass is 10.2. The molecule has 1 atom stereocenters. The van der Waals surface area contributed by atoms with E-state index in [1.165, 1.54) is 11.3 Å². The van der Waals surface area contributed by atoms with Crippen LogP contribution in [0.3, 0.4) is 0 Å². The van der Waals surface area contributed by atoms with Crippen molar-refractivity contribution in [1.82, 2.24) is 4.98 Å². The Balaban J connectivity index is 1.81. The Bertz CT molecular complexity index is 599. The van der Waals surface area contributed by atoms with Crippen LogP contribution in [0.4, 0.5) is 5.13 Å². The molecule has 3 N–H and O–H groups in total. The number of hydrogen-bond donors (Lipinski definition) is 2. The summed E-state index contributed by atoms with van der Waals surface area (Å²) in [6.07, 6.45) is 0.688. The molecule has 2 aromatic rings. The Hall–Kier alpha value is -1.63. The zero-order valence-electron chi connectivity index (χ0n) is 11.5. The molecule has 0 saturated heterocycles. The number of rotatable bonds is 6. The maximum Gasteiger partial charge on any atom is 0.264 e. The van der Waals surface area contributed by atoms with E-state index in [9.17, 15) is 4.79 Å². The number of nitrogens with zero attached hydrogens (tertiary/aromatic N) is 1. The minimum Gasteiger partial charge on any atom is -0.484 e. The second-order valence-corrected chi connectivity index (χ2v) is 5.91. The van der Waals surface area contributed by atoms with Gasteiger partial charge in [-0.2, -0.15) is 0 Å². The molecular weight excluding hydrogens is 310 g/mol. The highest BCUT2D eigenvalue weighted by molar-refractivity contribution is 7.13. The van der Waals surface area contributed by atoms with E-state index in [1.54, 1.807) is 24.3 Å². The number of carbonyl (C=O) groups excluding carboxylic acids is 1. The van der Waals surface area contributed by atoms with Crippen molar-refractivity contribution in [1.29, 1.82) is 0 Å². The first-order chi connectivity index (χ1) is 10.0. The molecule has 0 aliphatic rings. The minimum absolute atomic E-state index is 0.0453. The van der Waals surface area contributed by atoms with Crippen molar-refractivity contribution >= 4 is 34.0 Å². The summed E-state index contributed by atoms with van der Waals surface area (Å²) in [5.74, 6) is 0.331. The van der Waals surface area contributed by atoms with E-state index < -0.39 is 0 Å². The molecule has 21 heavy (non-hydrogen) atoms. The number of ether oxygens (including phenoxy) is 1. The zero-order valence-corrected chi connectivity index (χ0v) is 13.1. The molecule has 0 fully saturated rings. The Morgan fingerprint density at radius 2 is 2.19 bits per heavy atom. The van der Waals surface area contributed by atoms with E-state index in [0.29, 0.717) is 22.3 Å². The first-order valence-electron chi connectivity index (χ1n) is 6.41. The Labute approximate surface area is 132 Å². The van der Waals surface area contributed by atoms with Gasteiger partial charge in [0.25, 0.3) is 5.91 Å². The number of anilines is 1. The maximum absolute atomic E-state index is 11.8. The highest BCUT2D eigenvalue weighted by Gasteiger charge is 2.08. The molecule has 1 amide bonds. The Morgan fingerprint density at radius 3 is 2.86 bits per heavy atom. The van der Waals surface area contributed by atoms with Crippen molar-refractivity contribution in [3.8, 4) is 5.75 Å². The van der Waals surface area contributed by atoms with Gasteiger partial charge in [0.2, 0.25) is 0 Å². The van der Waals surface area contributed by atoms with E-state index in [-0.39, 0.29) is 18.6 Å². The van der Waals surface area contributed by atoms with Crippen LogP contribution in [0, 0.1) is 0 Å². The zero-order chi connectivity index (χ0) is 15.2. The fraction of sp³-hybridized carbons (Fsp3) is 0.286. The van der Waals surface area contributed by atoms with Crippen molar-refractivity contribution in [2.24, 2.45) is 5.73 Å². The summed E-state index contributed by atoms with van der Waals surface area (Å²) < 4.78 is 5.35. The van der Waals surface area contributed by atoms with Gasteiger partial charge in [0, 0.05) is 22.9 Å². The number of aromatic nitrogens is 1. The topological polar surface area (TPSA) is 77.2 Å². The van der Waals surface area contributed by atoms with Crippen LogP contribution >= 0.6 is 22.9 Å². The van der Waals surface area contributed by atoms with Gasteiger partial charge >= 0.3 is 0 Å². The number of thiazole rings is 1. The maximum atomic E-state index is 11.8. The van der Waals surface area contributed by atoms with Gasteiger partial charge in [-0.3, -0.25) is 10.1 Å². The average molecular weight is 326 g/mol. The van der Waals surface area contributed by atoms with Gasteiger partial charge in [0.05, 0.1) is 5.69 Å². The summed E-state index contributed by atoms with van der Waals surface area (Å²) in [6, 6.07) is 6.87. The van der Waals surface area contributed by atoms with E-state index >= 15 is 0 Å². The third-order valence-corrected chi connectivity index (χ3v) is 3.57. The normalized spacial score (nSPS) is 12.0. The number of nitrogens with one attached hydrogen (secondary N) is 1. The van der Waals surface area contributed by atoms with Crippen LogP contribution in [0.1, 0.15) is 12.6 Å². The van der Waals surface area contributed by atoms with Gasteiger partial charge in [-0.15, -0.1) is 11.3 Å². The van der Waals surface area contributed by atoms with Crippen LogP contribution in [-0.2, 0) is 11.2 Å². The summed E-state index contributed by atoms with van der Waals surface area (Å²) in [5, 5.41) is 5.75. The summed E-state index contributed by atoms with van der Waals surface area (Å²) in [7, 11) is 0. The fourth-order valence-electron chi connectivity index (χ4n) is 1.62. The predicted octanol–water partition coefficient (Wildman–Crippen LogP) is 2.70. The third kappa shape index (κ3) is 5.34. The van der Waals surface area contributed by atoms with Crippen LogP contribution in [0.15, 0.2) is 29.6 Å². The second kappa shape index (κ2) is 7.40. The summed E-state index contributed by atoms with van der Waals surface area (Å²) in [6.45, 7) is 1.83. The smallest absolute Gasteiger partial charge is 0.264 e. The van der Waals surface area contributed by atoms with Crippen LogP contribution in [-0.4, -0.2) is 23.5 Å². The van der Waals surface area contributed by atoms with Crippen molar-refractivity contribution < 1.29 is 9.53 Å². The molecule has 1 aromatic carbocycles. The largest absolute Gasteiger partial charge is 0.484 e. The molecule has 0 spiro atoms. The summed E-state index contributed by atoms with van der Waals surface area (Å²) >= 11 is 7.14. The molecule has 5 nitrogen and oxygen atoms in total. The lowest BCUT2D eigenvalue weighted by Crippen LogP contribution is -2.20. The number of benzene rings is 1. The first kappa shape index (κ1) is 15.8. The number of carbonyl (C=O) groups is 1. The highest BCUT2D eigenvalue weighted by Crippen LogP contribution is 2.17. The molecule has 1 unspecified atom stereocenters. The van der Waals surface area contributed by atoms with Crippen LogP contribution in [0.25, 0.3) is 0 Å². The third-order valence-electron chi connectivity index (χ3n) is 2.51. The lowest BCUT2D eigenvalue weighted by Gasteiger charge is -2.05. The van der Waals surface area contributed by atoms with Crippen LogP contribution in [0.2, 0.25) is 5.02 Å². The van der Waals surface area contributed by atoms with Crippen LogP contribution in [0.5, 0.6) is 5.75 Å². The molecule has 1 heterocycles. The van der Waals surface area contributed by atoms with Gasteiger partial charge in [-0.1, -0.05) is 11.6 Å². The Kier molecular flexibility index (Phi) is 5.55. The number of halogens is 1. The van der Waals surface area contributed by atoms with Gasteiger partial charge < -0.3 is 10.5 Å². The molecule has 1 aromatic heterocycles. The summed E-state index contributed by atoms with van der Waals surface area (Å²) in [4.78, 5) is 16.1. The van der Waals surface area contributed by atoms with Gasteiger partial charge in [0.15, 0.2) is 11.7 Å². The number of hydrogen-bond acceptors (Lipinski definition) is 5. The number of nitrogens with two attached hydrogens (primary N) is 1. The van der Waals surface area contributed by atoms with Gasteiger partial charge in [0.1, 0.15) is 5.75 Å². The molecule has 0 radical (unpaired) electrons. The monoisotopic (exact) mass is 325 g/mol. The fourth-order valence-corrected chi connectivity index (χ4v) is 2.49. The average Bonchev–Trinajstić information content (AvgIpc) is 2.84. The van der Waals surface area contributed by atoms with Crippen molar-refractivity contribution in [3.05, 3.63) is 40.4 Å². The lowest BCUT2D eigenvalue weighted by molar-refractivity contribution is -0.118. The molecule has 2 rings (SSSR count). The van der Waals surface area contributed by atoms with E-state index in [2.05, 4.69) is 10.3 Å². The molecule has 0 saturated carbocycles. The van der Waals surface area contributed by atoms with Crippen LogP contribution < -0.4 is 15.8 Å². The highest BCUT2D eigenvalue weighted by atomic mass is 35.5. The van der Waals surface area contributed by atoms with Crippen molar-refractivity contribution in [3.63, 3.8) is 0 Å². The van der Waals surface area contributed by atoms with Gasteiger partial charge in [-0.25, -0.2) is 4.98 Å². The SMILES string of the molecule is CC(N)Cc1csc(NC(=O)COc2ccc(Cl)cc2)n1. The minimum atomic E-state index is -0.258.